The van der Waals surface area contributed by atoms with E-state index in [0.717, 1.165) is 11.3 Å². The number of nitrogens with zero attached hydrogens (tertiary/aromatic N) is 4. The van der Waals surface area contributed by atoms with Crippen LogP contribution in [-0.4, -0.2) is 63.9 Å². The van der Waals surface area contributed by atoms with Gasteiger partial charge in [0.25, 0.3) is 0 Å². The van der Waals surface area contributed by atoms with Crippen molar-refractivity contribution in [3.63, 3.8) is 0 Å². The number of methoxy groups -OCH3 is 1. The number of anilines is 1. The zero-order chi connectivity index (χ0) is 22.1. The third kappa shape index (κ3) is 4.01. The third-order valence-corrected chi connectivity index (χ3v) is 5.80. The molecule has 0 aliphatic carbocycles. The van der Waals surface area contributed by atoms with Crippen molar-refractivity contribution in [2.45, 2.75) is 24.3 Å². The first-order chi connectivity index (χ1) is 15.6. The second-order valence-electron chi connectivity index (χ2n) is 7.55. The van der Waals surface area contributed by atoms with Gasteiger partial charge in [-0.1, -0.05) is 12.1 Å². The van der Waals surface area contributed by atoms with Crippen LogP contribution in [0.25, 0.3) is 11.4 Å². The van der Waals surface area contributed by atoms with Crippen LogP contribution in [0.5, 0.6) is 5.75 Å². The lowest BCUT2D eigenvalue weighted by molar-refractivity contribution is 0.0626. The number of hydrogen-bond acceptors (Lipinski definition) is 7. The van der Waals surface area contributed by atoms with Crippen molar-refractivity contribution in [1.29, 1.82) is 0 Å². The predicted octanol–water partition coefficient (Wildman–Crippen LogP) is 2.18. The topological polar surface area (TPSA) is 95.4 Å². The van der Waals surface area contributed by atoms with Crippen LogP contribution in [-0.2, 0) is 9.47 Å². The first-order valence-electron chi connectivity index (χ1n) is 10.1. The van der Waals surface area contributed by atoms with E-state index in [2.05, 4.69) is 26.2 Å². The predicted molar refractivity (Wildman–Crippen MR) is 118 cm³/mol. The smallest absolute Gasteiger partial charge is 0.182 e. The maximum atomic E-state index is 13.1. The SMILES string of the molecule is COc1cccc(-c2nnnn2[C@@H]2CO[C@@H]3[C@@H]2OC[C@@H]3NC(=S)Nc2ccc(F)cc2)c1. The fourth-order valence-electron chi connectivity index (χ4n) is 4.05. The first-order valence-corrected chi connectivity index (χ1v) is 10.5. The average Bonchev–Trinajstić information content (AvgIpc) is 3.53. The zero-order valence-corrected chi connectivity index (χ0v) is 18.0. The summed E-state index contributed by atoms with van der Waals surface area (Å²) in [4.78, 5) is 0. The molecule has 32 heavy (non-hydrogen) atoms. The minimum absolute atomic E-state index is 0.137. The van der Waals surface area contributed by atoms with Crippen molar-refractivity contribution in [3.8, 4) is 17.1 Å². The van der Waals surface area contributed by atoms with Crippen molar-refractivity contribution in [2.24, 2.45) is 0 Å². The van der Waals surface area contributed by atoms with Crippen LogP contribution in [0.4, 0.5) is 10.1 Å². The van der Waals surface area contributed by atoms with Gasteiger partial charge in [-0.3, -0.25) is 0 Å². The van der Waals surface area contributed by atoms with Gasteiger partial charge in [-0.05, 0) is 59.0 Å². The quantitative estimate of drug-likeness (QED) is 0.560. The summed E-state index contributed by atoms with van der Waals surface area (Å²) in [6.07, 6.45) is -0.440. The van der Waals surface area contributed by atoms with Gasteiger partial charge in [0.15, 0.2) is 10.9 Å². The number of ether oxygens (including phenoxy) is 3. The summed E-state index contributed by atoms with van der Waals surface area (Å²) >= 11 is 5.41. The molecule has 166 valence electrons. The number of nitrogens with one attached hydrogen (secondary N) is 2. The number of fused-ring (bicyclic) bond motifs is 1. The van der Waals surface area contributed by atoms with Crippen molar-refractivity contribution in [3.05, 3.63) is 54.3 Å². The standard InChI is InChI=1S/C21H21FN6O3S/c1-29-15-4-2-3-12(9-15)20-25-26-27-28(20)17-11-31-18-16(10-30-19(17)18)24-21(32)23-14-7-5-13(22)6-8-14/h2-9,16-19H,10-11H2,1H3,(H2,23,24,32)/t16-,17+,18-,19+/m0/s1. The molecule has 0 amide bonds. The largest absolute Gasteiger partial charge is 0.497 e. The molecule has 0 spiro atoms. The van der Waals surface area contributed by atoms with Crippen molar-refractivity contribution >= 4 is 23.0 Å². The van der Waals surface area contributed by atoms with E-state index in [0.29, 0.717) is 29.8 Å². The summed E-state index contributed by atoms with van der Waals surface area (Å²) in [6, 6.07) is 13.2. The number of aromatic nitrogens is 4. The van der Waals surface area contributed by atoms with Gasteiger partial charge in [0.05, 0.1) is 26.4 Å². The van der Waals surface area contributed by atoms with Crippen LogP contribution in [0, 0.1) is 5.82 Å². The minimum Gasteiger partial charge on any atom is -0.497 e. The molecule has 2 aliphatic rings. The van der Waals surface area contributed by atoms with Gasteiger partial charge in [0.2, 0.25) is 0 Å². The van der Waals surface area contributed by atoms with Crippen LogP contribution in [0.1, 0.15) is 6.04 Å². The third-order valence-electron chi connectivity index (χ3n) is 5.58. The lowest BCUT2D eigenvalue weighted by atomic mass is 10.1. The monoisotopic (exact) mass is 456 g/mol. The fraction of sp³-hybridized carbons (Fsp3) is 0.333. The molecule has 11 heteroatoms. The second kappa shape index (κ2) is 8.77. The van der Waals surface area contributed by atoms with Gasteiger partial charge in [-0.25, -0.2) is 9.07 Å². The molecule has 2 saturated heterocycles. The highest BCUT2D eigenvalue weighted by atomic mass is 32.1. The summed E-state index contributed by atoms with van der Waals surface area (Å²) in [5, 5.41) is 19.0. The molecule has 3 aromatic rings. The van der Waals surface area contributed by atoms with Crippen LogP contribution in [0.15, 0.2) is 48.5 Å². The van der Waals surface area contributed by atoms with E-state index in [1.807, 2.05) is 24.3 Å². The molecule has 2 N–H and O–H groups in total. The highest BCUT2D eigenvalue weighted by Crippen LogP contribution is 2.36. The lowest BCUT2D eigenvalue weighted by Gasteiger charge is -2.20. The molecule has 0 radical (unpaired) electrons. The number of rotatable bonds is 5. The summed E-state index contributed by atoms with van der Waals surface area (Å²) in [5.41, 5.74) is 1.54. The van der Waals surface area contributed by atoms with Gasteiger partial charge < -0.3 is 24.8 Å². The number of hydrogen-bond donors (Lipinski definition) is 2. The molecule has 0 bridgehead atoms. The molecule has 1 aromatic heterocycles. The van der Waals surface area contributed by atoms with Gasteiger partial charge >= 0.3 is 0 Å². The Balaban J connectivity index is 1.27. The average molecular weight is 457 g/mol. The Morgan fingerprint density at radius 3 is 2.78 bits per heavy atom. The maximum Gasteiger partial charge on any atom is 0.182 e. The van der Waals surface area contributed by atoms with Crippen LogP contribution in [0.3, 0.4) is 0 Å². The first kappa shape index (κ1) is 20.7. The molecule has 0 unspecified atom stereocenters. The Morgan fingerprint density at radius 1 is 1.16 bits per heavy atom. The van der Waals surface area contributed by atoms with E-state index in [1.165, 1.54) is 12.1 Å². The normalized spacial score (nSPS) is 24.2. The second-order valence-corrected chi connectivity index (χ2v) is 7.96. The van der Waals surface area contributed by atoms with E-state index in [-0.39, 0.29) is 30.1 Å². The van der Waals surface area contributed by atoms with E-state index in [4.69, 9.17) is 26.4 Å². The lowest BCUT2D eigenvalue weighted by Crippen LogP contribution is -2.45. The molecule has 0 saturated carbocycles. The Labute approximate surface area is 188 Å². The molecular weight excluding hydrogens is 435 g/mol. The van der Waals surface area contributed by atoms with E-state index >= 15 is 0 Å². The van der Waals surface area contributed by atoms with Crippen molar-refractivity contribution in [2.75, 3.05) is 25.6 Å². The van der Waals surface area contributed by atoms with Crippen LogP contribution >= 0.6 is 12.2 Å². The molecule has 5 rings (SSSR count). The molecular formula is C21H21FN6O3S. The minimum atomic E-state index is -0.303. The summed E-state index contributed by atoms with van der Waals surface area (Å²) in [7, 11) is 1.62. The molecule has 2 fully saturated rings. The van der Waals surface area contributed by atoms with Gasteiger partial charge in [-0.2, -0.15) is 0 Å². The molecule has 9 nitrogen and oxygen atoms in total. The highest BCUT2D eigenvalue weighted by molar-refractivity contribution is 7.80. The molecule has 2 aliphatic heterocycles. The Kier molecular flexibility index (Phi) is 5.68. The maximum absolute atomic E-state index is 13.1. The Morgan fingerprint density at radius 2 is 1.97 bits per heavy atom. The highest BCUT2D eigenvalue weighted by Gasteiger charge is 2.49. The van der Waals surface area contributed by atoms with E-state index in [1.54, 1.807) is 23.9 Å². The van der Waals surface area contributed by atoms with Crippen LogP contribution < -0.4 is 15.4 Å². The van der Waals surface area contributed by atoms with Crippen LogP contribution in [0.2, 0.25) is 0 Å². The number of benzene rings is 2. The fourth-order valence-corrected chi connectivity index (χ4v) is 4.32. The molecule has 4 atom stereocenters. The Hall–Kier alpha value is -3.15. The number of tetrazole rings is 1. The van der Waals surface area contributed by atoms with Gasteiger partial charge in [-0.15, -0.1) is 5.10 Å². The number of halogens is 1. The summed E-state index contributed by atoms with van der Waals surface area (Å²) < 4.78 is 32.3. The summed E-state index contributed by atoms with van der Waals surface area (Å²) in [6.45, 7) is 0.835. The van der Waals surface area contributed by atoms with Gasteiger partial charge in [0, 0.05) is 11.3 Å². The summed E-state index contributed by atoms with van der Waals surface area (Å²) in [5.74, 6) is 1.04. The zero-order valence-electron chi connectivity index (χ0n) is 17.1. The number of thiocarbonyl (C=S) groups is 1. The van der Waals surface area contributed by atoms with Crippen molar-refractivity contribution < 1.29 is 18.6 Å². The van der Waals surface area contributed by atoms with E-state index in [9.17, 15) is 4.39 Å². The van der Waals surface area contributed by atoms with E-state index < -0.39 is 0 Å². The molecule has 2 aromatic carbocycles. The Bertz CT molecular complexity index is 1110. The van der Waals surface area contributed by atoms with Crippen molar-refractivity contribution in [1.82, 2.24) is 25.5 Å². The molecule has 3 heterocycles. The van der Waals surface area contributed by atoms with Gasteiger partial charge in [0.1, 0.15) is 29.8 Å².